The second-order valence-corrected chi connectivity index (χ2v) is 8.41. The molecule has 4 heterocycles. The molecule has 3 aromatic heterocycles. The largest absolute Gasteiger partial charge is 0.511 e. The molecule has 0 bridgehead atoms. The number of piperazine rings is 1. The van der Waals surface area contributed by atoms with Crippen LogP contribution in [0.3, 0.4) is 0 Å². The fourth-order valence-electron chi connectivity index (χ4n) is 3.59. The van der Waals surface area contributed by atoms with Crippen molar-refractivity contribution >= 4 is 45.7 Å². The van der Waals surface area contributed by atoms with Crippen LogP contribution in [0, 0.1) is 0 Å². The van der Waals surface area contributed by atoms with Gasteiger partial charge in [-0.3, -0.25) is 5.10 Å². The van der Waals surface area contributed by atoms with Crippen molar-refractivity contribution in [2.24, 2.45) is 0 Å². The molecule has 32 heavy (non-hydrogen) atoms. The first-order valence-corrected chi connectivity index (χ1v) is 10.9. The zero-order chi connectivity index (χ0) is 22.1. The highest BCUT2D eigenvalue weighted by molar-refractivity contribution is 7.13. The number of thiophene rings is 1. The van der Waals surface area contributed by atoms with Gasteiger partial charge in [0.05, 0.1) is 11.1 Å². The minimum absolute atomic E-state index is 0.238. The molecule has 0 atom stereocenters. The highest BCUT2D eigenvalue weighted by Crippen LogP contribution is 2.32. The lowest BCUT2D eigenvalue weighted by atomic mass is 10.2. The standard InChI is InChI=1S/C21H21N7O3S/c1-27-6-8-28(9-7-27)14-4-2-13(3-5-14)23-20-18-16(11-22-26-18)24-19(25-20)17-10-15(12-32-17)31-21(29)30/h2-5,10-12H,6-9H2,1H3,(H,22,26)(H,29,30)(H,23,24,25). The predicted octanol–water partition coefficient (Wildman–Crippen LogP) is 3.63. The van der Waals surface area contributed by atoms with E-state index < -0.39 is 6.16 Å². The number of hydrogen-bond donors (Lipinski definition) is 3. The van der Waals surface area contributed by atoms with Crippen LogP contribution in [-0.4, -0.2) is 69.6 Å². The Morgan fingerprint density at radius 2 is 1.97 bits per heavy atom. The van der Waals surface area contributed by atoms with E-state index in [0.717, 1.165) is 31.9 Å². The highest BCUT2D eigenvalue weighted by atomic mass is 32.1. The molecular formula is C21H21N7O3S. The maximum atomic E-state index is 10.8. The Labute approximate surface area is 187 Å². The van der Waals surface area contributed by atoms with Gasteiger partial charge in [0.25, 0.3) is 0 Å². The summed E-state index contributed by atoms with van der Waals surface area (Å²) in [6.45, 7) is 4.15. The van der Waals surface area contributed by atoms with Gasteiger partial charge >= 0.3 is 6.16 Å². The van der Waals surface area contributed by atoms with Crippen LogP contribution in [0.5, 0.6) is 5.75 Å². The molecule has 0 unspecified atom stereocenters. The fraction of sp³-hybridized carbons (Fsp3) is 0.238. The van der Waals surface area contributed by atoms with Crippen LogP contribution < -0.4 is 15.0 Å². The summed E-state index contributed by atoms with van der Waals surface area (Å²) in [4.78, 5) is 25.4. The molecule has 10 nitrogen and oxygen atoms in total. The summed E-state index contributed by atoms with van der Waals surface area (Å²) in [6, 6.07) is 9.88. The average molecular weight is 452 g/mol. The van der Waals surface area contributed by atoms with E-state index in [1.165, 1.54) is 17.0 Å². The number of likely N-dealkylation sites (N-methyl/N-ethyl adjacent to an activating group) is 1. The summed E-state index contributed by atoms with van der Waals surface area (Å²) in [5, 5.41) is 20.8. The van der Waals surface area contributed by atoms with Crippen LogP contribution in [0.1, 0.15) is 0 Å². The van der Waals surface area contributed by atoms with E-state index >= 15 is 0 Å². The van der Waals surface area contributed by atoms with E-state index in [4.69, 9.17) is 9.84 Å². The van der Waals surface area contributed by atoms with Crippen LogP contribution in [0.4, 0.5) is 22.0 Å². The number of nitrogens with one attached hydrogen (secondary N) is 2. The van der Waals surface area contributed by atoms with Crippen LogP contribution in [0.2, 0.25) is 0 Å². The lowest BCUT2D eigenvalue weighted by Gasteiger charge is -2.34. The quantitative estimate of drug-likeness (QED) is 0.391. The first-order valence-electron chi connectivity index (χ1n) is 10.1. The molecule has 4 aromatic rings. The normalized spacial score (nSPS) is 14.6. The predicted molar refractivity (Wildman–Crippen MR) is 123 cm³/mol. The van der Waals surface area contributed by atoms with Crippen molar-refractivity contribution < 1.29 is 14.6 Å². The molecule has 0 amide bonds. The Balaban J connectivity index is 1.40. The molecule has 5 rings (SSSR count). The van der Waals surface area contributed by atoms with E-state index in [-0.39, 0.29) is 5.75 Å². The van der Waals surface area contributed by atoms with Crippen molar-refractivity contribution in [3.63, 3.8) is 0 Å². The first-order chi connectivity index (χ1) is 15.5. The molecule has 164 valence electrons. The van der Waals surface area contributed by atoms with Gasteiger partial charge in [0.2, 0.25) is 0 Å². The minimum Gasteiger partial charge on any atom is -0.449 e. The number of carbonyl (C=O) groups is 1. The SMILES string of the molecule is CN1CCN(c2ccc(Nc3nc(-c4cc(OC(=O)O)cs4)nc4cn[nH]c34)cc2)CC1. The summed E-state index contributed by atoms with van der Waals surface area (Å²) in [7, 11) is 2.15. The Bertz CT molecular complexity index is 1250. The number of anilines is 3. The molecule has 3 N–H and O–H groups in total. The Morgan fingerprint density at radius 1 is 1.19 bits per heavy atom. The zero-order valence-electron chi connectivity index (χ0n) is 17.3. The molecular weight excluding hydrogens is 430 g/mol. The van der Waals surface area contributed by atoms with E-state index in [9.17, 15) is 4.79 Å². The van der Waals surface area contributed by atoms with Crippen molar-refractivity contribution in [1.82, 2.24) is 25.1 Å². The van der Waals surface area contributed by atoms with Crippen molar-refractivity contribution in [2.75, 3.05) is 43.4 Å². The number of H-pyrrole nitrogens is 1. The lowest BCUT2D eigenvalue weighted by molar-refractivity contribution is 0.144. The molecule has 0 aliphatic carbocycles. The molecule has 1 fully saturated rings. The summed E-state index contributed by atoms with van der Waals surface area (Å²) in [5.74, 6) is 1.28. The average Bonchev–Trinajstić information content (AvgIpc) is 3.44. The van der Waals surface area contributed by atoms with Crippen molar-refractivity contribution in [2.45, 2.75) is 0 Å². The van der Waals surface area contributed by atoms with Crippen LogP contribution >= 0.6 is 11.3 Å². The maximum Gasteiger partial charge on any atom is 0.511 e. The van der Waals surface area contributed by atoms with Gasteiger partial charge in [-0.05, 0) is 31.3 Å². The van der Waals surface area contributed by atoms with Gasteiger partial charge in [-0.25, -0.2) is 14.8 Å². The molecule has 0 radical (unpaired) electrons. The third-order valence-corrected chi connectivity index (χ3v) is 6.20. The minimum atomic E-state index is -1.36. The second-order valence-electron chi connectivity index (χ2n) is 7.50. The van der Waals surface area contributed by atoms with Crippen LogP contribution in [-0.2, 0) is 0 Å². The molecule has 1 aliphatic heterocycles. The Morgan fingerprint density at radius 3 is 2.72 bits per heavy atom. The maximum absolute atomic E-state index is 10.8. The third-order valence-electron chi connectivity index (χ3n) is 5.30. The number of benzene rings is 1. The third kappa shape index (κ3) is 4.20. The Hall–Kier alpha value is -3.70. The van der Waals surface area contributed by atoms with Gasteiger partial charge < -0.3 is 25.0 Å². The van der Waals surface area contributed by atoms with E-state index in [1.54, 1.807) is 17.6 Å². The topological polar surface area (TPSA) is 120 Å². The van der Waals surface area contributed by atoms with E-state index in [1.807, 2.05) is 12.1 Å². The summed E-state index contributed by atoms with van der Waals surface area (Å²) < 4.78 is 4.71. The highest BCUT2D eigenvalue weighted by Gasteiger charge is 2.16. The molecule has 1 saturated heterocycles. The van der Waals surface area contributed by atoms with Gasteiger partial charge in [0.1, 0.15) is 16.8 Å². The van der Waals surface area contributed by atoms with Crippen LogP contribution in [0.15, 0.2) is 41.9 Å². The van der Waals surface area contributed by atoms with Gasteiger partial charge in [0, 0.05) is 49.0 Å². The first kappa shape index (κ1) is 20.2. The summed E-state index contributed by atoms with van der Waals surface area (Å²) in [5.41, 5.74) is 3.43. The van der Waals surface area contributed by atoms with Crippen LogP contribution in [0.25, 0.3) is 21.7 Å². The van der Waals surface area contributed by atoms with Gasteiger partial charge in [-0.1, -0.05) is 0 Å². The van der Waals surface area contributed by atoms with Crippen molar-refractivity contribution in [3.8, 4) is 16.5 Å². The lowest BCUT2D eigenvalue weighted by Crippen LogP contribution is -2.44. The molecule has 1 aliphatic rings. The van der Waals surface area contributed by atoms with Gasteiger partial charge in [-0.2, -0.15) is 5.10 Å². The molecule has 0 spiro atoms. The zero-order valence-corrected chi connectivity index (χ0v) is 18.1. The van der Waals surface area contributed by atoms with E-state index in [2.05, 4.69) is 54.5 Å². The van der Waals surface area contributed by atoms with Gasteiger partial charge in [0.15, 0.2) is 11.6 Å². The van der Waals surface area contributed by atoms with Crippen molar-refractivity contribution in [1.29, 1.82) is 0 Å². The number of aromatic amines is 1. The molecule has 1 aromatic carbocycles. The number of carboxylic acid groups (broad SMARTS) is 1. The number of hydrogen-bond acceptors (Lipinski definition) is 9. The number of aromatic nitrogens is 4. The number of rotatable bonds is 5. The number of ether oxygens (including phenoxy) is 1. The fourth-order valence-corrected chi connectivity index (χ4v) is 4.33. The van der Waals surface area contributed by atoms with E-state index in [0.29, 0.717) is 27.6 Å². The molecule has 11 heteroatoms. The van der Waals surface area contributed by atoms with Crippen molar-refractivity contribution in [3.05, 3.63) is 41.9 Å². The molecule has 0 saturated carbocycles. The smallest absolute Gasteiger partial charge is 0.449 e. The summed E-state index contributed by atoms with van der Waals surface area (Å²) >= 11 is 1.31. The number of nitrogens with zero attached hydrogens (tertiary/aromatic N) is 5. The Kier molecular flexibility index (Phi) is 5.33. The number of fused-ring (bicyclic) bond motifs is 1. The van der Waals surface area contributed by atoms with Gasteiger partial charge in [-0.15, -0.1) is 11.3 Å². The second kappa shape index (κ2) is 8.44. The monoisotopic (exact) mass is 451 g/mol. The summed E-state index contributed by atoms with van der Waals surface area (Å²) in [6.07, 6.45) is 0.271.